The molecular formula is C16H25NO2Sn. The standard InChI is InChI=1S/C13H16NO2.3CH3.Sn/c1-4-5-8-14-10-11-6-7-12(15-2)13(9-11)16-3;;;;/h1,4,6-7,9-10H,5,8H2,2-3H3;3*1H3;. The third-order valence-corrected chi connectivity index (χ3v) is 6.22. The minimum absolute atomic E-state index is 0.734. The fraction of sp³-hybridized carbons (Fsp3) is 0.438. The number of ether oxygens (including phenoxy) is 2. The molecule has 0 bridgehead atoms. The van der Waals surface area contributed by atoms with Gasteiger partial charge in [-0.25, -0.2) is 0 Å². The van der Waals surface area contributed by atoms with Gasteiger partial charge in [-0.1, -0.05) is 0 Å². The third-order valence-electron chi connectivity index (χ3n) is 2.69. The maximum absolute atomic E-state index is 5.27. The Morgan fingerprint density at radius 3 is 2.40 bits per heavy atom. The molecule has 0 aromatic heterocycles. The molecule has 1 aromatic carbocycles. The second-order valence-electron chi connectivity index (χ2n) is 5.71. The van der Waals surface area contributed by atoms with E-state index in [1.165, 1.54) is 0 Å². The quantitative estimate of drug-likeness (QED) is 0.406. The Morgan fingerprint density at radius 2 is 1.80 bits per heavy atom. The summed E-state index contributed by atoms with van der Waals surface area (Å²) in [5, 5.41) is 0. The van der Waals surface area contributed by atoms with Gasteiger partial charge in [0.05, 0.1) is 0 Å². The van der Waals surface area contributed by atoms with Crippen molar-refractivity contribution in [3.05, 3.63) is 33.9 Å². The van der Waals surface area contributed by atoms with Crippen LogP contribution in [0.15, 0.2) is 33.4 Å². The monoisotopic (exact) mass is 383 g/mol. The van der Waals surface area contributed by atoms with Crippen LogP contribution >= 0.6 is 0 Å². The molecule has 0 aliphatic heterocycles. The van der Waals surface area contributed by atoms with Crippen LogP contribution in [-0.4, -0.2) is 45.4 Å². The zero-order valence-electron chi connectivity index (χ0n) is 13.1. The van der Waals surface area contributed by atoms with Gasteiger partial charge in [0.15, 0.2) is 0 Å². The van der Waals surface area contributed by atoms with Gasteiger partial charge in [0.2, 0.25) is 0 Å². The van der Waals surface area contributed by atoms with E-state index >= 15 is 0 Å². The van der Waals surface area contributed by atoms with Crippen LogP contribution in [0.5, 0.6) is 11.5 Å². The van der Waals surface area contributed by atoms with E-state index in [-0.39, 0.29) is 0 Å². The van der Waals surface area contributed by atoms with Crippen molar-refractivity contribution in [1.29, 1.82) is 0 Å². The Morgan fingerprint density at radius 1 is 1.10 bits per heavy atom. The molecule has 3 nitrogen and oxygen atoms in total. The number of nitrogens with zero attached hydrogens (tertiary/aromatic N) is 1. The summed E-state index contributed by atoms with van der Waals surface area (Å²) in [4.78, 5) is 11.6. The van der Waals surface area contributed by atoms with Crippen molar-refractivity contribution in [2.24, 2.45) is 4.99 Å². The molecule has 0 unspecified atom stereocenters. The minimum atomic E-state index is -1.74. The predicted octanol–water partition coefficient (Wildman–Crippen LogP) is 3.95. The van der Waals surface area contributed by atoms with Crippen LogP contribution in [-0.2, 0) is 0 Å². The van der Waals surface area contributed by atoms with Crippen LogP contribution < -0.4 is 9.47 Å². The molecule has 0 saturated heterocycles. The van der Waals surface area contributed by atoms with Crippen LogP contribution in [0.25, 0.3) is 0 Å². The molecule has 0 atom stereocenters. The first-order valence-electron chi connectivity index (χ1n) is 6.86. The SMILES string of the molecule is COc1ccc(C=NCC/C=[CH]/[Sn]([CH3])([CH3])[CH3])cc1OC. The summed E-state index contributed by atoms with van der Waals surface area (Å²) in [6.07, 6.45) is 5.18. The molecule has 110 valence electrons. The van der Waals surface area contributed by atoms with E-state index in [1.54, 1.807) is 14.2 Å². The number of aliphatic imine (C=N–C) groups is 1. The molecule has 0 aliphatic carbocycles. The maximum atomic E-state index is 5.27. The van der Waals surface area contributed by atoms with Gasteiger partial charge in [-0.15, -0.1) is 0 Å². The van der Waals surface area contributed by atoms with E-state index in [1.807, 2.05) is 24.4 Å². The zero-order valence-corrected chi connectivity index (χ0v) is 16.0. The van der Waals surface area contributed by atoms with Crippen molar-refractivity contribution in [2.75, 3.05) is 20.8 Å². The summed E-state index contributed by atoms with van der Waals surface area (Å²) in [5.74, 6) is 1.48. The summed E-state index contributed by atoms with van der Waals surface area (Å²) < 4.78 is 12.9. The van der Waals surface area contributed by atoms with E-state index in [0.29, 0.717) is 0 Å². The van der Waals surface area contributed by atoms with Crippen molar-refractivity contribution >= 4 is 24.6 Å². The van der Waals surface area contributed by atoms with Gasteiger partial charge in [0, 0.05) is 0 Å². The van der Waals surface area contributed by atoms with Gasteiger partial charge in [-0.3, -0.25) is 0 Å². The number of rotatable bonds is 7. The molecular weight excluding hydrogens is 357 g/mol. The number of hydrogen-bond donors (Lipinski definition) is 0. The summed E-state index contributed by atoms with van der Waals surface area (Å²) in [7, 11) is 3.28. The molecule has 0 amide bonds. The summed E-state index contributed by atoms with van der Waals surface area (Å²) in [5.41, 5.74) is 1.03. The zero-order chi connectivity index (χ0) is 15.0. The second-order valence-corrected chi connectivity index (χ2v) is 20.2. The van der Waals surface area contributed by atoms with Gasteiger partial charge in [0.25, 0.3) is 0 Å². The Hall–Kier alpha value is -0.971. The van der Waals surface area contributed by atoms with Crippen LogP contribution in [0.4, 0.5) is 0 Å². The second kappa shape index (κ2) is 8.35. The van der Waals surface area contributed by atoms with E-state index in [4.69, 9.17) is 9.47 Å². The molecule has 0 N–H and O–H groups in total. The van der Waals surface area contributed by atoms with Crippen molar-refractivity contribution < 1.29 is 9.47 Å². The van der Waals surface area contributed by atoms with E-state index in [0.717, 1.165) is 30.0 Å². The molecule has 1 rings (SSSR count). The number of benzene rings is 1. The molecule has 0 saturated carbocycles. The van der Waals surface area contributed by atoms with Crippen molar-refractivity contribution in [3.63, 3.8) is 0 Å². The average Bonchev–Trinajstić information content (AvgIpc) is 2.41. The van der Waals surface area contributed by atoms with Crippen molar-refractivity contribution in [1.82, 2.24) is 0 Å². The first-order valence-corrected chi connectivity index (χ1v) is 17.1. The Bertz CT molecular complexity index is 476. The van der Waals surface area contributed by atoms with E-state index < -0.39 is 18.4 Å². The van der Waals surface area contributed by atoms with Gasteiger partial charge < -0.3 is 0 Å². The number of methoxy groups -OCH3 is 2. The van der Waals surface area contributed by atoms with Crippen LogP contribution in [0, 0.1) is 0 Å². The fourth-order valence-corrected chi connectivity index (χ4v) is 4.18. The Balaban J connectivity index is 2.52. The van der Waals surface area contributed by atoms with Crippen LogP contribution in [0.2, 0.25) is 14.8 Å². The normalized spacial score (nSPS) is 12.2. The Kier molecular flexibility index (Phi) is 7.13. The third kappa shape index (κ3) is 6.46. The molecule has 1 aromatic rings. The topological polar surface area (TPSA) is 30.8 Å². The van der Waals surface area contributed by atoms with Gasteiger partial charge >= 0.3 is 126 Å². The van der Waals surface area contributed by atoms with Crippen LogP contribution in [0.1, 0.15) is 12.0 Å². The molecule has 0 spiro atoms. The first-order chi connectivity index (χ1) is 9.46. The first kappa shape index (κ1) is 17.1. The van der Waals surface area contributed by atoms with Crippen molar-refractivity contribution in [2.45, 2.75) is 21.2 Å². The van der Waals surface area contributed by atoms with Gasteiger partial charge in [-0.05, 0) is 0 Å². The Labute approximate surface area is 126 Å². The van der Waals surface area contributed by atoms with Crippen molar-refractivity contribution in [3.8, 4) is 11.5 Å². The summed E-state index contributed by atoms with van der Waals surface area (Å²) in [6, 6.07) is 5.81. The van der Waals surface area contributed by atoms with Crippen LogP contribution in [0.3, 0.4) is 0 Å². The predicted molar refractivity (Wildman–Crippen MR) is 89.1 cm³/mol. The van der Waals surface area contributed by atoms with Gasteiger partial charge in [-0.2, -0.15) is 0 Å². The van der Waals surface area contributed by atoms with Gasteiger partial charge in [0.1, 0.15) is 0 Å². The average molecular weight is 382 g/mol. The molecule has 4 heteroatoms. The fourth-order valence-electron chi connectivity index (χ4n) is 1.69. The molecule has 0 aliphatic rings. The number of hydrogen-bond acceptors (Lipinski definition) is 3. The van der Waals surface area contributed by atoms with E-state index in [2.05, 4.69) is 30.0 Å². The molecule has 0 radical (unpaired) electrons. The molecule has 0 fully saturated rings. The molecule has 20 heavy (non-hydrogen) atoms. The molecule has 0 heterocycles. The van der Waals surface area contributed by atoms with E-state index in [9.17, 15) is 0 Å². The summed E-state index contributed by atoms with van der Waals surface area (Å²) in [6.45, 7) is 0.826. The summed E-state index contributed by atoms with van der Waals surface area (Å²) >= 11 is -1.74.